The molecule has 4 heteroatoms. The first-order valence-electron chi connectivity index (χ1n) is 3.84. The molecule has 0 aromatic carbocycles. The van der Waals surface area contributed by atoms with Gasteiger partial charge in [-0.15, -0.1) is 0 Å². The van der Waals surface area contributed by atoms with Gasteiger partial charge in [0.2, 0.25) is 0 Å². The first-order valence-corrected chi connectivity index (χ1v) is 4.78. The Hall–Kier alpha value is -1.26. The van der Waals surface area contributed by atoms with Crippen molar-refractivity contribution in [1.82, 2.24) is 9.97 Å². The van der Waals surface area contributed by atoms with Crippen LogP contribution in [0, 0.1) is 0 Å². The molecule has 2 aromatic rings. The van der Waals surface area contributed by atoms with Crippen molar-refractivity contribution in [2.75, 3.05) is 0 Å². The van der Waals surface area contributed by atoms with Crippen molar-refractivity contribution in [3.05, 3.63) is 46.7 Å². The van der Waals surface area contributed by atoms with Gasteiger partial charge in [0, 0.05) is 6.20 Å². The number of hydrogen-bond donors (Lipinski definition) is 1. The third kappa shape index (κ3) is 1.74. The van der Waals surface area contributed by atoms with Gasteiger partial charge in [-0.2, -0.15) is 11.3 Å². The third-order valence-electron chi connectivity index (χ3n) is 1.74. The van der Waals surface area contributed by atoms with Gasteiger partial charge in [0.1, 0.15) is 12.4 Å². The van der Waals surface area contributed by atoms with Crippen LogP contribution in [-0.4, -0.2) is 15.1 Å². The summed E-state index contributed by atoms with van der Waals surface area (Å²) in [5, 5.41) is 13.6. The van der Waals surface area contributed by atoms with Gasteiger partial charge in [-0.25, -0.2) is 9.97 Å². The van der Waals surface area contributed by atoms with Crippen molar-refractivity contribution in [2.45, 2.75) is 6.10 Å². The molecule has 2 heterocycles. The molecule has 0 aliphatic heterocycles. The standard InChI is InChI=1S/C9H8N2OS/c12-9(7-2-4-13-5-7)8-1-3-10-6-11-8/h1-6,9,12H. The molecule has 0 fully saturated rings. The maximum absolute atomic E-state index is 9.80. The minimum atomic E-state index is -0.630. The normalized spacial score (nSPS) is 12.7. The average Bonchev–Trinajstić information content (AvgIpc) is 2.71. The Kier molecular flexibility index (Phi) is 2.33. The molecular weight excluding hydrogens is 184 g/mol. The van der Waals surface area contributed by atoms with Gasteiger partial charge in [-0.1, -0.05) is 0 Å². The van der Waals surface area contributed by atoms with Crippen molar-refractivity contribution < 1.29 is 5.11 Å². The van der Waals surface area contributed by atoms with E-state index in [4.69, 9.17) is 0 Å². The van der Waals surface area contributed by atoms with E-state index in [-0.39, 0.29) is 0 Å². The summed E-state index contributed by atoms with van der Waals surface area (Å²) in [6.07, 6.45) is 2.43. The van der Waals surface area contributed by atoms with Gasteiger partial charge in [-0.3, -0.25) is 0 Å². The average molecular weight is 192 g/mol. The Morgan fingerprint density at radius 1 is 1.38 bits per heavy atom. The van der Waals surface area contributed by atoms with Crippen LogP contribution < -0.4 is 0 Å². The van der Waals surface area contributed by atoms with Crippen molar-refractivity contribution in [2.24, 2.45) is 0 Å². The number of nitrogens with zero attached hydrogens (tertiary/aromatic N) is 2. The molecule has 0 radical (unpaired) electrons. The minimum Gasteiger partial charge on any atom is -0.382 e. The van der Waals surface area contributed by atoms with E-state index in [1.165, 1.54) is 6.33 Å². The number of aliphatic hydroxyl groups excluding tert-OH is 1. The van der Waals surface area contributed by atoms with E-state index in [1.54, 1.807) is 23.6 Å². The summed E-state index contributed by atoms with van der Waals surface area (Å²) in [4.78, 5) is 7.77. The number of aliphatic hydroxyl groups is 1. The molecule has 0 aliphatic rings. The van der Waals surface area contributed by atoms with Gasteiger partial charge in [0.15, 0.2) is 0 Å². The van der Waals surface area contributed by atoms with Crippen LogP contribution in [0.4, 0.5) is 0 Å². The molecule has 2 rings (SSSR count). The molecule has 13 heavy (non-hydrogen) atoms. The maximum atomic E-state index is 9.80. The van der Waals surface area contributed by atoms with E-state index in [1.807, 2.05) is 16.8 Å². The van der Waals surface area contributed by atoms with Crippen LogP contribution in [0.15, 0.2) is 35.4 Å². The Morgan fingerprint density at radius 2 is 2.31 bits per heavy atom. The topological polar surface area (TPSA) is 46.0 Å². The summed E-state index contributed by atoms with van der Waals surface area (Å²) in [6.45, 7) is 0. The van der Waals surface area contributed by atoms with Crippen LogP contribution >= 0.6 is 11.3 Å². The maximum Gasteiger partial charge on any atom is 0.122 e. The molecular formula is C9H8N2OS. The SMILES string of the molecule is OC(c1ccsc1)c1ccncn1. The molecule has 1 atom stereocenters. The van der Waals surface area contributed by atoms with Crippen LogP contribution in [0.25, 0.3) is 0 Å². The Labute approximate surface area is 79.7 Å². The van der Waals surface area contributed by atoms with Crippen molar-refractivity contribution in [3.63, 3.8) is 0 Å². The fraction of sp³-hybridized carbons (Fsp3) is 0.111. The fourth-order valence-electron chi connectivity index (χ4n) is 1.06. The fourth-order valence-corrected chi connectivity index (χ4v) is 1.74. The van der Waals surface area contributed by atoms with Crippen LogP contribution in [0.2, 0.25) is 0 Å². The lowest BCUT2D eigenvalue weighted by Crippen LogP contribution is -2.00. The second kappa shape index (κ2) is 3.64. The molecule has 0 amide bonds. The zero-order valence-corrected chi connectivity index (χ0v) is 7.61. The van der Waals surface area contributed by atoms with Crippen molar-refractivity contribution in [3.8, 4) is 0 Å². The second-order valence-electron chi connectivity index (χ2n) is 2.59. The van der Waals surface area contributed by atoms with Crippen LogP contribution in [0.5, 0.6) is 0 Å². The van der Waals surface area contributed by atoms with E-state index in [2.05, 4.69) is 9.97 Å². The summed E-state index contributed by atoms with van der Waals surface area (Å²) in [5.74, 6) is 0. The lowest BCUT2D eigenvalue weighted by atomic mass is 10.1. The van der Waals surface area contributed by atoms with Gasteiger partial charge in [-0.05, 0) is 28.5 Å². The smallest absolute Gasteiger partial charge is 0.122 e. The number of hydrogen-bond acceptors (Lipinski definition) is 4. The third-order valence-corrected chi connectivity index (χ3v) is 2.45. The van der Waals surface area contributed by atoms with Crippen LogP contribution in [-0.2, 0) is 0 Å². The molecule has 66 valence electrons. The number of rotatable bonds is 2. The highest BCUT2D eigenvalue weighted by atomic mass is 32.1. The molecule has 2 aromatic heterocycles. The molecule has 0 bridgehead atoms. The predicted molar refractivity (Wildman–Crippen MR) is 50.4 cm³/mol. The van der Waals surface area contributed by atoms with E-state index in [0.717, 1.165) is 5.56 Å². The first-order chi connectivity index (χ1) is 6.38. The van der Waals surface area contributed by atoms with E-state index >= 15 is 0 Å². The molecule has 1 N–H and O–H groups in total. The highest BCUT2D eigenvalue weighted by Crippen LogP contribution is 2.21. The second-order valence-corrected chi connectivity index (χ2v) is 3.37. The Morgan fingerprint density at radius 3 is 2.92 bits per heavy atom. The zero-order valence-electron chi connectivity index (χ0n) is 6.79. The lowest BCUT2D eigenvalue weighted by Gasteiger charge is -2.06. The summed E-state index contributed by atoms with van der Waals surface area (Å²) in [6, 6.07) is 3.60. The summed E-state index contributed by atoms with van der Waals surface area (Å²) >= 11 is 1.56. The highest BCUT2D eigenvalue weighted by molar-refractivity contribution is 7.07. The van der Waals surface area contributed by atoms with Crippen LogP contribution in [0.1, 0.15) is 17.4 Å². The molecule has 0 aliphatic carbocycles. The van der Waals surface area contributed by atoms with Crippen molar-refractivity contribution >= 4 is 11.3 Å². The number of thiophene rings is 1. The lowest BCUT2D eigenvalue weighted by molar-refractivity contribution is 0.215. The zero-order chi connectivity index (χ0) is 9.10. The van der Waals surface area contributed by atoms with E-state index in [9.17, 15) is 5.11 Å². The molecule has 0 saturated carbocycles. The van der Waals surface area contributed by atoms with Gasteiger partial charge in [0.05, 0.1) is 5.69 Å². The predicted octanol–water partition coefficient (Wildman–Crippen LogP) is 1.62. The molecule has 0 saturated heterocycles. The Bertz CT molecular complexity index is 360. The van der Waals surface area contributed by atoms with E-state index in [0.29, 0.717) is 5.69 Å². The molecule has 0 spiro atoms. The molecule has 1 unspecified atom stereocenters. The largest absolute Gasteiger partial charge is 0.382 e. The van der Waals surface area contributed by atoms with Crippen LogP contribution in [0.3, 0.4) is 0 Å². The van der Waals surface area contributed by atoms with Gasteiger partial charge >= 0.3 is 0 Å². The van der Waals surface area contributed by atoms with Gasteiger partial charge in [0.25, 0.3) is 0 Å². The summed E-state index contributed by atoms with van der Waals surface area (Å²) in [5.41, 5.74) is 1.51. The first kappa shape index (κ1) is 8.34. The summed E-state index contributed by atoms with van der Waals surface area (Å²) in [7, 11) is 0. The van der Waals surface area contributed by atoms with E-state index < -0.39 is 6.10 Å². The highest BCUT2D eigenvalue weighted by Gasteiger charge is 2.10. The monoisotopic (exact) mass is 192 g/mol. The minimum absolute atomic E-state index is 0.630. The van der Waals surface area contributed by atoms with Gasteiger partial charge < -0.3 is 5.11 Å². The Balaban J connectivity index is 2.29. The molecule has 3 nitrogen and oxygen atoms in total. The summed E-state index contributed by atoms with van der Waals surface area (Å²) < 4.78 is 0. The quantitative estimate of drug-likeness (QED) is 0.786. The number of aromatic nitrogens is 2. The van der Waals surface area contributed by atoms with Crippen molar-refractivity contribution in [1.29, 1.82) is 0 Å².